The average molecular weight is 324 g/mol. The molecule has 3 rings (SSSR count). The number of aryl methyl sites for hydroxylation is 1. The van der Waals surface area contributed by atoms with Gasteiger partial charge in [-0.15, -0.1) is 0 Å². The highest BCUT2D eigenvalue weighted by Crippen LogP contribution is 2.13. The molecule has 0 saturated heterocycles. The fourth-order valence-corrected chi connectivity index (χ4v) is 2.76. The number of benzene rings is 2. The molecule has 7 nitrogen and oxygen atoms in total. The van der Waals surface area contributed by atoms with Crippen LogP contribution in [0.4, 0.5) is 5.69 Å². The summed E-state index contributed by atoms with van der Waals surface area (Å²) >= 11 is 0. The van der Waals surface area contributed by atoms with Crippen molar-refractivity contribution in [3.05, 3.63) is 80.2 Å². The number of fused-ring (bicyclic) bond motifs is 1. The highest BCUT2D eigenvalue weighted by atomic mass is 16.6. The lowest BCUT2D eigenvalue weighted by molar-refractivity contribution is -0.384. The van der Waals surface area contributed by atoms with E-state index in [1.807, 2.05) is 19.1 Å². The molecule has 3 aromatic rings. The first-order valence-electron chi connectivity index (χ1n) is 7.53. The molecule has 0 atom stereocenters. The zero-order valence-electron chi connectivity index (χ0n) is 13.1. The molecule has 0 aliphatic rings. The molecule has 0 saturated carbocycles. The molecule has 0 bridgehead atoms. The van der Waals surface area contributed by atoms with Gasteiger partial charge < -0.3 is 4.57 Å². The van der Waals surface area contributed by atoms with Gasteiger partial charge in [0.25, 0.3) is 11.2 Å². The molecule has 0 amide bonds. The number of hydrogen-bond donors (Lipinski definition) is 1. The summed E-state index contributed by atoms with van der Waals surface area (Å²) in [6.45, 7) is 2.69. The highest BCUT2D eigenvalue weighted by molar-refractivity contribution is 5.77. The normalized spacial score (nSPS) is 10.9. The van der Waals surface area contributed by atoms with E-state index in [0.717, 1.165) is 11.1 Å². The van der Waals surface area contributed by atoms with Crippen LogP contribution in [0.3, 0.4) is 0 Å². The van der Waals surface area contributed by atoms with E-state index < -0.39 is 4.92 Å². The van der Waals surface area contributed by atoms with Gasteiger partial charge >= 0.3 is 0 Å². The molecule has 0 fully saturated rings. The Bertz CT molecular complexity index is 1030. The number of aromatic nitrogens is 2. The van der Waals surface area contributed by atoms with Crippen LogP contribution < -0.4 is 11.2 Å². The molecular formula is C17H16N4O3. The molecule has 0 unspecified atom stereocenters. The number of rotatable bonds is 4. The topological polar surface area (TPSA) is 93.9 Å². The van der Waals surface area contributed by atoms with Crippen LogP contribution >= 0.6 is 0 Å². The van der Waals surface area contributed by atoms with Crippen LogP contribution in [-0.4, -0.2) is 14.1 Å². The van der Waals surface area contributed by atoms with Crippen LogP contribution in [0.15, 0.2) is 53.3 Å². The third-order valence-electron chi connectivity index (χ3n) is 3.99. The van der Waals surface area contributed by atoms with Crippen molar-refractivity contribution in [1.29, 1.82) is 5.41 Å². The Morgan fingerprint density at radius 3 is 2.38 bits per heavy atom. The predicted molar refractivity (Wildman–Crippen MR) is 89.9 cm³/mol. The van der Waals surface area contributed by atoms with E-state index in [1.165, 1.54) is 16.7 Å². The molecular weight excluding hydrogens is 308 g/mol. The summed E-state index contributed by atoms with van der Waals surface area (Å²) in [5.74, 6) is 0. The fourth-order valence-electron chi connectivity index (χ4n) is 2.76. The lowest BCUT2D eigenvalue weighted by Crippen LogP contribution is -2.40. The first kappa shape index (κ1) is 15.7. The zero-order valence-corrected chi connectivity index (χ0v) is 13.1. The number of non-ortho nitro benzene ring substituents is 1. The second kappa shape index (κ2) is 6.11. The van der Waals surface area contributed by atoms with Crippen LogP contribution in [0.1, 0.15) is 12.5 Å². The summed E-state index contributed by atoms with van der Waals surface area (Å²) in [6.07, 6.45) is 0. The summed E-state index contributed by atoms with van der Waals surface area (Å²) in [6, 6.07) is 13.2. The van der Waals surface area contributed by atoms with Crippen molar-refractivity contribution >= 4 is 16.6 Å². The van der Waals surface area contributed by atoms with E-state index in [0.29, 0.717) is 11.9 Å². The standard InChI is InChI=1S/C17H16N4O3/c1-2-19-15-6-4-3-5-14(15)16(22)20(17(19)18)11-12-7-9-13(10-8-12)21(23)24/h3-10,18H,2,11H2,1H3. The first-order chi connectivity index (χ1) is 11.5. The van der Waals surface area contributed by atoms with Gasteiger partial charge in [0.2, 0.25) is 5.62 Å². The van der Waals surface area contributed by atoms with Crippen LogP contribution in [0.5, 0.6) is 0 Å². The minimum absolute atomic E-state index is 0.000623. The van der Waals surface area contributed by atoms with Crippen molar-refractivity contribution in [2.24, 2.45) is 0 Å². The van der Waals surface area contributed by atoms with Gasteiger partial charge in [0.1, 0.15) is 0 Å². The number of nitrogens with one attached hydrogen (secondary N) is 1. The van der Waals surface area contributed by atoms with E-state index >= 15 is 0 Å². The summed E-state index contributed by atoms with van der Waals surface area (Å²) < 4.78 is 3.15. The minimum atomic E-state index is -0.465. The van der Waals surface area contributed by atoms with Crippen molar-refractivity contribution in [2.75, 3.05) is 0 Å². The van der Waals surface area contributed by atoms with Gasteiger partial charge in [-0.3, -0.25) is 24.9 Å². The molecule has 0 spiro atoms. The van der Waals surface area contributed by atoms with E-state index in [1.54, 1.807) is 28.8 Å². The Kier molecular flexibility index (Phi) is 3.99. The van der Waals surface area contributed by atoms with Gasteiger partial charge in [0.15, 0.2) is 0 Å². The molecule has 0 aliphatic heterocycles. The summed E-state index contributed by atoms with van der Waals surface area (Å²) in [4.78, 5) is 23.0. The molecule has 1 N–H and O–H groups in total. The largest absolute Gasteiger partial charge is 0.312 e. The molecule has 2 aromatic carbocycles. The van der Waals surface area contributed by atoms with E-state index in [-0.39, 0.29) is 23.4 Å². The monoisotopic (exact) mass is 324 g/mol. The van der Waals surface area contributed by atoms with Gasteiger partial charge in [0, 0.05) is 18.7 Å². The van der Waals surface area contributed by atoms with E-state index in [2.05, 4.69) is 0 Å². The van der Waals surface area contributed by atoms with Crippen molar-refractivity contribution in [3.8, 4) is 0 Å². The highest BCUT2D eigenvalue weighted by Gasteiger charge is 2.11. The van der Waals surface area contributed by atoms with Gasteiger partial charge in [-0.05, 0) is 24.6 Å². The van der Waals surface area contributed by atoms with Crippen molar-refractivity contribution in [3.63, 3.8) is 0 Å². The minimum Gasteiger partial charge on any atom is -0.312 e. The van der Waals surface area contributed by atoms with Crippen LogP contribution in [-0.2, 0) is 13.1 Å². The molecule has 24 heavy (non-hydrogen) atoms. The molecule has 122 valence electrons. The number of para-hydroxylation sites is 1. The average Bonchev–Trinajstić information content (AvgIpc) is 2.59. The maximum atomic E-state index is 12.7. The lowest BCUT2D eigenvalue weighted by Gasteiger charge is -2.14. The summed E-state index contributed by atoms with van der Waals surface area (Å²) in [7, 11) is 0. The Morgan fingerprint density at radius 1 is 1.08 bits per heavy atom. The summed E-state index contributed by atoms with van der Waals surface area (Å²) in [5, 5.41) is 19.6. The van der Waals surface area contributed by atoms with Gasteiger partial charge in [-0.2, -0.15) is 0 Å². The molecule has 7 heteroatoms. The number of nitro benzene ring substituents is 1. The van der Waals surface area contributed by atoms with E-state index in [4.69, 9.17) is 5.41 Å². The maximum absolute atomic E-state index is 12.7. The molecule has 1 heterocycles. The third-order valence-corrected chi connectivity index (χ3v) is 3.99. The second-order valence-electron chi connectivity index (χ2n) is 5.40. The maximum Gasteiger partial charge on any atom is 0.269 e. The van der Waals surface area contributed by atoms with Crippen LogP contribution in [0.2, 0.25) is 0 Å². The van der Waals surface area contributed by atoms with Crippen molar-refractivity contribution in [2.45, 2.75) is 20.0 Å². The molecule has 0 radical (unpaired) electrons. The van der Waals surface area contributed by atoms with Gasteiger partial charge in [0.05, 0.1) is 22.4 Å². The Labute approximate surface area is 137 Å². The Hall–Kier alpha value is -3.22. The Morgan fingerprint density at radius 2 is 1.75 bits per heavy atom. The van der Waals surface area contributed by atoms with Crippen molar-refractivity contribution < 1.29 is 4.92 Å². The fraction of sp³-hybridized carbons (Fsp3) is 0.176. The summed E-state index contributed by atoms with van der Waals surface area (Å²) in [5.41, 5.74) is 1.33. The number of nitrogens with zero attached hydrogens (tertiary/aromatic N) is 3. The van der Waals surface area contributed by atoms with Crippen LogP contribution in [0.25, 0.3) is 10.9 Å². The van der Waals surface area contributed by atoms with Crippen LogP contribution in [0, 0.1) is 15.5 Å². The first-order valence-corrected chi connectivity index (χ1v) is 7.53. The Balaban J connectivity index is 2.14. The lowest BCUT2D eigenvalue weighted by atomic mass is 10.2. The predicted octanol–water partition coefficient (Wildman–Crippen LogP) is 2.26. The zero-order chi connectivity index (χ0) is 17.3. The third kappa shape index (κ3) is 2.60. The smallest absolute Gasteiger partial charge is 0.269 e. The molecule has 0 aliphatic carbocycles. The number of nitro groups is 1. The quantitative estimate of drug-likeness (QED) is 0.589. The van der Waals surface area contributed by atoms with Gasteiger partial charge in [-0.25, -0.2) is 0 Å². The van der Waals surface area contributed by atoms with Crippen molar-refractivity contribution in [1.82, 2.24) is 9.13 Å². The van der Waals surface area contributed by atoms with Gasteiger partial charge in [-0.1, -0.05) is 24.3 Å². The number of hydrogen-bond acceptors (Lipinski definition) is 4. The SMILES string of the molecule is CCn1c(=N)n(Cc2ccc([N+](=O)[O-])cc2)c(=O)c2ccccc21. The second-order valence-corrected chi connectivity index (χ2v) is 5.40. The van der Waals surface area contributed by atoms with E-state index in [9.17, 15) is 14.9 Å². The molecule has 1 aromatic heterocycles.